The van der Waals surface area contributed by atoms with Crippen molar-refractivity contribution in [3.05, 3.63) is 23.4 Å². The number of carbonyl (C=O) groups excluding carboxylic acids is 1. The molecule has 21 heavy (non-hydrogen) atoms. The second kappa shape index (κ2) is 7.98. The molecule has 0 aliphatic heterocycles. The van der Waals surface area contributed by atoms with E-state index in [4.69, 9.17) is 0 Å². The number of amides is 1. The summed E-state index contributed by atoms with van der Waals surface area (Å²) >= 11 is 0. The average Bonchev–Trinajstić information content (AvgIpc) is 2.46. The number of rotatable bonds is 7. The number of nitrogens with zero attached hydrogens (tertiary/aromatic N) is 3. The van der Waals surface area contributed by atoms with Gasteiger partial charge in [0.1, 0.15) is 5.82 Å². The summed E-state index contributed by atoms with van der Waals surface area (Å²) < 4.78 is 0. The fourth-order valence-electron chi connectivity index (χ4n) is 2.47. The highest BCUT2D eigenvalue weighted by atomic mass is 16.2. The molecule has 5 nitrogen and oxygen atoms in total. The number of aromatic nitrogens is 1. The third kappa shape index (κ3) is 4.70. The van der Waals surface area contributed by atoms with Gasteiger partial charge >= 0.3 is 0 Å². The molecule has 0 aromatic carbocycles. The molecule has 1 atom stereocenters. The largest absolute Gasteiger partial charge is 0.373 e. The van der Waals surface area contributed by atoms with Crippen molar-refractivity contribution in [2.45, 2.75) is 33.2 Å². The lowest BCUT2D eigenvalue weighted by Gasteiger charge is -2.30. The van der Waals surface area contributed by atoms with Crippen molar-refractivity contribution in [1.82, 2.24) is 14.8 Å². The lowest BCUT2D eigenvalue weighted by molar-refractivity contribution is 0.0679. The molecule has 1 unspecified atom stereocenters. The maximum Gasteiger partial charge on any atom is 0.254 e. The zero-order valence-corrected chi connectivity index (χ0v) is 14.1. The van der Waals surface area contributed by atoms with Gasteiger partial charge < -0.3 is 15.1 Å². The third-order valence-electron chi connectivity index (χ3n) is 3.51. The predicted molar refractivity (Wildman–Crippen MR) is 87.9 cm³/mol. The molecule has 1 heterocycles. The van der Waals surface area contributed by atoms with E-state index in [2.05, 4.69) is 22.1 Å². The molecule has 0 saturated heterocycles. The van der Waals surface area contributed by atoms with Gasteiger partial charge in [-0.15, -0.1) is 0 Å². The van der Waals surface area contributed by atoms with Crippen molar-refractivity contribution in [3.8, 4) is 0 Å². The Morgan fingerprint density at radius 3 is 2.48 bits per heavy atom. The van der Waals surface area contributed by atoms with Gasteiger partial charge in [-0.1, -0.05) is 6.92 Å². The van der Waals surface area contributed by atoms with Gasteiger partial charge in [0.2, 0.25) is 0 Å². The van der Waals surface area contributed by atoms with E-state index in [-0.39, 0.29) is 11.9 Å². The van der Waals surface area contributed by atoms with Gasteiger partial charge in [0.15, 0.2) is 0 Å². The average molecular weight is 292 g/mol. The number of nitrogens with one attached hydrogen (secondary N) is 1. The van der Waals surface area contributed by atoms with Crippen LogP contribution in [-0.4, -0.2) is 61.0 Å². The standard InChI is InChI=1S/C16H28N4O/c1-7-14-9-13(10-15(17-4)18-14)16(21)20(8-2)12(3)11-19(5)6/h9-10,12H,7-8,11H2,1-6H3,(H,17,18). The van der Waals surface area contributed by atoms with Gasteiger partial charge in [0, 0.05) is 37.4 Å². The number of anilines is 1. The highest BCUT2D eigenvalue weighted by molar-refractivity contribution is 5.95. The molecule has 0 fully saturated rings. The molecule has 0 spiro atoms. The lowest BCUT2D eigenvalue weighted by atomic mass is 10.1. The monoisotopic (exact) mass is 292 g/mol. The highest BCUT2D eigenvalue weighted by Gasteiger charge is 2.21. The van der Waals surface area contributed by atoms with Crippen molar-refractivity contribution in [2.24, 2.45) is 0 Å². The van der Waals surface area contributed by atoms with E-state index >= 15 is 0 Å². The Hall–Kier alpha value is -1.62. The SMILES string of the molecule is CCc1cc(C(=O)N(CC)C(C)CN(C)C)cc(NC)n1. The number of carbonyl (C=O) groups is 1. The molecule has 0 radical (unpaired) electrons. The van der Waals surface area contributed by atoms with Crippen molar-refractivity contribution in [2.75, 3.05) is 39.5 Å². The first-order valence-electron chi connectivity index (χ1n) is 7.57. The first kappa shape index (κ1) is 17.4. The predicted octanol–water partition coefficient (Wildman–Crippen LogP) is 2.10. The van der Waals surface area contributed by atoms with Crippen molar-refractivity contribution in [1.29, 1.82) is 0 Å². The molecule has 0 saturated carbocycles. The maximum atomic E-state index is 12.8. The van der Waals surface area contributed by atoms with Crippen molar-refractivity contribution < 1.29 is 4.79 Å². The summed E-state index contributed by atoms with van der Waals surface area (Å²) in [5.74, 6) is 0.814. The fourth-order valence-corrected chi connectivity index (χ4v) is 2.47. The second-order valence-corrected chi connectivity index (χ2v) is 5.54. The molecule has 1 aromatic rings. The molecule has 0 aliphatic rings. The van der Waals surface area contributed by atoms with E-state index < -0.39 is 0 Å². The lowest BCUT2D eigenvalue weighted by Crippen LogP contribution is -2.43. The van der Waals surface area contributed by atoms with E-state index in [1.54, 1.807) is 0 Å². The molecule has 1 amide bonds. The van der Waals surface area contributed by atoms with Crippen LogP contribution in [-0.2, 0) is 6.42 Å². The third-order valence-corrected chi connectivity index (χ3v) is 3.51. The molecule has 1 N–H and O–H groups in total. The van der Waals surface area contributed by atoms with Gasteiger partial charge in [0.25, 0.3) is 5.91 Å². The van der Waals surface area contributed by atoms with Crippen LogP contribution in [0.4, 0.5) is 5.82 Å². The van der Waals surface area contributed by atoms with Crippen LogP contribution < -0.4 is 5.32 Å². The van der Waals surface area contributed by atoms with Crippen LogP contribution in [0.2, 0.25) is 0 Å². The molecule has 118 valence electrons. The number of pyridine rings is 1. The van der Waals surface area contributed by atoms with E-state index in [0.717, 1.165) is 24.5 Å². The molecular weight excluding hydrogens is 264 g/mol. The van der Waals surface area contributed by atoms with Gasteiger partial charge in [-0.05, 0) is 46.5 Å². The Bertz CT molecular complexity index is 451. The van der Waals surface area contributed by atoms with E-state index in [9.17, 15) is 4.79 Å². The first-order chi connectivity index (χ1) is 9.92. The van der Waals surface area contributed by atoms with Crippen LogP contribution in [0.25, 0.3) is 0 Å². The van der Waals surface area contributed by atoms with E-state index in [1.165, 1.54) is 0 Å². The van der Waals surface area contributed by atoms with Gasteiger partial charge in [-0.3, -0.25) is 4.79 Å². The van der Waals surface area contributed by atoms with Crippen LogP contribution in [0.15, 0.2) is 12.1 Å². The van der Waals surface area contributed by atoms with Crippen LogP contribution in [0, 0.1) is 0 Å². The van der Waals surface area contributed by atoms with Crippen molar-refractivity contribution >= 4 is 11.7 Å². The highest BCUT2D eigenvalue weighted by Crippen LogP contribution is 2.15. The van der Waals surface area contributed by atoms with Crippen molar-refractivity contribution in [3.63, 3.8) is 0 Å². The van der Waals surface area contributed by atoms with Crippen LogP contribution in [0.3, 0.4) is 0 Å². The zero-order chi connectivity index (χ0) is 16.0. The topological polar surface area (TPSA) is 48.5 Å². The molecule has 1 aromatic heterocycles. The van der Waals surface area contributed by atoms with Crippen LogP contribution in [0.5, 0.6) is 0 Å². The second-order valence-electron chi connectivity index (χ2n) is 5.54. The molecule has 1 rings (SSSR count). The molecule has 0 aliphatic carbocycles. The summed E-state index contributed by atoms with van der Waals surface area (Å²) in [4.78, 5) is 21.2. The maximum absolute atomic E-state index is 12.8. The Morgan fingerprint density at radius 2 is 2.00 bits per heavy atom. The Balaban J connectivity index is 3.04. The number of aryl methyl sites for hydroxylation is 1. The summed E-state index contributed by atoms with van der Waals surface area (Å²) in [5, 5.41) is 3.03. The summed E-state index contributed by atoms with van der Waals surface area (Å²) in [5.41, 5.74) is 1.64. The van der Waals surface area contributed by atoms with Gasteiger partial charge in [-0.2, -0.15) is 0 Å². The van der Waals surface area contributed by atoms with Crippen LogP contribution >= 0.6 is 0 Å². The Morgan fingerprint density at radius 1 is 1.33 bits per heavy atom. The minimum Gasteiger partial charge on any atom is -0.373 e. The van der Waals surface area contributed by atoms with Crippen LogP contribution in [0.1, 0.15) is 36.8 Å². The molecule has 5 heteroatoms. The fraction of sp³-hybridized carbons (Fsp3) is 0.625. The van der Waals surface area contributed by atoms with E-state index in [1.807, 2.05) is 52.0 Å². The number of likely N-dealkylation sites (N-methyl/N-ethyl adjacent to an activating group) is 2. The summed E-state index contributed by atoms with van der Waals surface area (Å²) in [6, 6.07) is 3.90. The molecular formula is C16H28N4O. The zero-order valence-electron chi connectivity index (χ0n) is 14.1. The van der Waals surface area contributed by atoms with Gasteiger partial charge in [-0.25, -0.2) is 4.98 Å². The Labute approximate surface area is 128 Å². The number of hydrogen-bond donors (Lipinski definition) is 1. The summed E-state index contributed by atoms with van der Waals surface area (Å²) in [6.45, 7) is 7.70. The molecule has 0 bridgehead atoms. The minimum atomic E-state index is 0.0699. The normalized spacial score (nSPS) is 12.3. The smallest absolute Gasteiger partial charge is 0.254 e. The minimum absolute atomic E-state index is 0.0699. The summed E-state index contributed by atoms with van der Waals surface area (Å²) in [7, 11) is 5.87. The first-order valence-corrected chi connectivity index (χ1v) is 7.57. The Kier molecular flexibility index (Phi) is 6.62. The van der Waals surface area contributed by atoms with Gasteiger partial charge in [0.05, 0.1) is 0 Å². The van der Waals surface area contributed by atoms with E-state index in [0.29, 0.717) is 12.1 Å². The summed E-state index contributed by atoms with van der Waals surface area (Å²) in [6.07, 6.45) is 0.815. The quantitative estimate of drug-likeness (QED) is 0.836. The number of hydrogen-bond acceptors (Lipinski definition) is 4.